The number of piperazine rings is 1. The highest BCUT2D eigenvalue weighted by Crippen LogP contribution is 2.25. The molecule has 36 heavy (non-hydrogen) atoms. The molecule has 1 saturated heterocycles. The van der Waals surface area contributed by atoms with Gasteiger partial charge in [-0.2, -0.15) is 0 Å². The molecule has 0 unspecified atom stereocenters. The Labute approximate surface area is 212 Å². The second kappa shape index (κ2) is 12.3. The Morgan fingerprint density at radius 3 is 2.42 bits per heavy atom. The van der Waals surface area contributed by atoms with Gasteiger partial charge in [-0.15, -0.1) is 0 Å². The monoisotopic (exact) mass is 487 g/mol. The summed E-state index contributed by atoms with van der Waals surface area (Å²) < 4.78 is 10.9. The number of hydrogen-bond donors (Lipinski definition) is 1. The van der Waals surface area contributed by atoms with Crippen LogP contribution in [0.4, 0.5) is 0 Å². The molecule has 3 aromatic rings. The third kappa shape index (κ3) is 6.71. The Morgan fingerprint density at radius 1 is 0.944 bits per heavy atom. The van der Waals surface area contributed by atoms with E-state index in [0.29, 0.717) is 17.7 Å². The van der Waals surface area contributed by atoms with E-state index in [9.17, 15) is 9.59 Å². The lowest BCUT2D eigenvalue weighted by Gasteiger charge is -2.32. The number of esters is 1. The lowest BCUT2D eigenvalue weighted by molar-refractivity contribution is -0.117. The van der Waals surface area contributed by atoms with Crippen molar-refractivity contribution < 1.29 is 19.1 Å². The summed E-state index contributed by atoms with van der Waals surface area (Å²) in [7, 11) is 3.48. The summed E-state index contributed by atoms with van der Waals surface area (Å²) in [4.78, 5) is 29.6. The van der Waals surface area contributed by atoms with Gasteiger partial charge in [-0.3, -0.25) is 9.69 Å². The first kappa shape index (κ1) is 25.4. The number of carbonyl (C=O) groups excluding carboxylic acids is 2. The van der Waals surface area contributed by atoms with Crippen LogP contribution >= 0.6 is 0 Å². The van der Waals surface area contributed by atoms with Crippen molar-refractivity contribution in [2.24, 2.45) is 0 Å². The number of methoxy groups -OCH3 is 1. The number of nitrogens with one attached hydrogen (secondary N) is 1. The summed E-state index contributed by atoms with van der Waals surface area (Å²) in [5, 5.41) is 5.13. The lowest BCUT2D eigenvalue weighted by atomic mass is 10.1. The predicted octanol–water partition coefficient (Wildman–Crippen LogP) is 3.45. The minimum Gasteiger partial charge on any atom is -0.488 e. The maximum absolute atomic E-state index is 13.2. The first-order chi connectivity index (χ1) is 17.5. The molecule has 188 valence electrons. The maximum Gasteiger partial charge on any atom is 0.337 e. The van der Waals surface area contributed by atoms with Crippen LogP contribution in [0.3, 0.4) is 0 Å². The fourth-order valence-corrected chi connectivity index (χ4v) is 4.20. The zero-order valence-corrected chi connectivity index (χ0v) is 20.9. The van der Waals surface area contributed by atoms with Crippen LogP contribution in [0.25, 0.3) is 16.8 Å². The molecule has 7 nitrogen and oxygen atoms in total. The number of carbonyl (C=O) groups is 2. The van der Waals surface area contributed by atoms with Crippen LogP contribution in [0.15, 0.2) is 72.3 Å². The van der Waals surface area contributed by atoms with Crippen molar-refractivity contribution in [3.63, 3.8) is 0 Å². The SMILES string of the molecule is COC(=O)c1ccc(C=C(COc2cccc3ccccc23)C(=O)NCCN2CCN(C)CC2)cc1. The van der Waals surface area contributed by atoms with E-state index in [1.54, 1.807) is 30.3 Å². The molecule has 0 aromatic heterocycles. The normalized spacial score (nSPS) is 15.0. The van der Waals surface area contributed by atoms with E-state index in [0.717, 1.165) is 54.8 Å². The van der Waals surface area contributed by atoms with E-state index in [1.807, 2.05) is 42.5 Å². The molecular weight excluding hydrogens is 454 g/mol. The van der Waals surface area contributed by atoms with Gasteiger partial charge in [0.1, 0.15) is 12.4 Å². The quantitative estimate of drug-likeness (QED) is 0.368. The average Bonchev–Trinajstić information content (AvgIpc) is 2.92. The molecule has 0 aliphatic carbocycles. The number of rotatable bonds is 9. The van der Waals surface area contributed by atoms with Crippen molar-refractivity contribution in [2.45, 2.75) is 0 Å². The number of benzene rings is 3. The second-order valence-electron chi connectivity index (χ2n) is 8.95. The Morgan fingerprint density at radius 2 is 1.67 bits per heavy atom. The van der Waals surface area contributed by atoms with E-state index in [1.165, 1.54) is 7.11 Å². The summed E-state index contributed by atoms with van der Waals surface area (Å²) >= 11 is 0. The molecule has 1 amide bonds. The fourth-order valence-electron chi connectivity index (χ4n) is 4.20. The number of hydrogen-bond acceptors (Lipinski definition) is 6. The van der Waals surface area contributed by atoms with Crippen LogP contribution in [0.1, 0.15) is 15.9 Å². The minimum absolute atomic E-state index is 0.118. The minimum atomic E-state index is -0.397. The smallest absolute Gasteiger partial charge is 0.337 e. The van der Waals surface area contributed by atoms with Crippen molar-refractivity contribution in [3.8, 4) is 5.75 Å². The first-order valence-electron chi connectivity index (χ1n) is 12.2. The van der Waals surface area contributed by atoms with Crippen molar-refractivity contribution in [1.29, 1.82) is 0 Å². The number of nitrogens with zero attached hydrogens (tertiary/aromatic N) is 2. The molecule has 0 spiro atoms. The van der Waals surface area contributed by atoms with E-state index < -0.39 is 5.97 Å². The summed E-state index contributed by atoms with van der Waals surface area (Å²) in [6, 6.07) is 20.9. The average molecular weight is 488 g/mol. The van der Waals surface area contributed by atoms with Crippen LogP contribution in [0.5, 0.6) is 5.75 Å². The van der Waals surface area contributed by atoms with Gasteiger partial charge in [-0.05, 0) is 42.3 Å². The zero-order chi connectivity index (χ0) is 25.3. The fraction of sp³-hybridized carbons (Fsp3) is 0.310. The van der Waals surface area contributed by atoms with Crippen molar-refractivity contribution in [2.75, 3.05) is 60.0 Å². The van der Waals surface area contributed by atoms with Gasteiger partial charge in [0.25, 0.3) is 5.91 Å². The molecule has 1 aliphatic heterocycles. The van der Waals surface area contributed by atoms with Crippen molar-refractivity contribution >= 4 is 28.7 Å². The Kier molecular flexibility index (Phi) is 8.71. The van der Waals surface area contributed by atoms with Crippen LogP contribution in [0, 0.1) is 0 Å². The van der Waals surface area contributed by atoms with Gasteiger partial charge in [0.15, 0.2) is 0 Å². The third-order valence-electron chi connectivity index (χ3n) is 6.41. The van der Waals surface area contributed by atoms with Gasteiger partial charge in [0, 0.05) is 44.7 Å². The Hall–Kier alpha value is -3.68. The molecule has 0 radical (unpaired) electrons. The molecular formula is C29H33N3O4. The Bertz CT molecular complexity index is 1210. The van der Waals surface area contributed by atoms with Gasteiger partial charge in [0.05, 0.1) is 18.2 Å². The maximum atomic E-state index is 13.2. The van der Waals surface area contributed by atoms with Crippen LogP contribution in [0.2, 0.25) is 0 Å². The largest absolute Gasteiger partial charge is 0.488 e. The van der Waals surface area contributed by atoms with Crippen LogP contribution in [-0.4, -0.2) is 81.7 Å². The molecule has 4 rings (SSSR count). The van der Waals surface area contributed by atoms with Gasteiger partial charge >= 0.3 is 5.97 Å². The zero-order valence-electron chi connectivity index (χ0n) is 20.9. The highest BCUT2D eigenvalue weighted by Gasteiger charge is 2.16. The molecule has 0 saturated carbocycles. The summed E-state index contributed by atoms with van der Waals surface area (Å²) in [6.07, 6.45) is 1.80. The van der Waals surface area contributed by atoms with Gasteiger partial charge in [-0.25, -0.2) is 4.79 Å². The predicted molar refractivity (Wildman–Crippen MR) is 142 cm³/mol. The second-order valence-corrected chi connectivity index (χ2v) is 8.95. The number of likely N-dealkylation sites (N-methyl/N-ethyl adjacent to an activating group) is 1. The van der Waals surface area contributed by atoms with Gasteiger partial charge in [-0.1, -0.05) is 48.5 Å². The highest BCUT2D eigenvalue weighted by atomic mass is 16.5. The first-order valence-corrected chi connectivity index (χ1v) is 12.2. The molecule has 1 aliphatic rings. The standard InChI is InChI=1S/C29H33N3O4/c1-31-16-18-32(19-17-31)15-14-30-28(33)25(20-22-10-12-24(13-11-22)29(34)35-2)21-36-27-9-5-7-23-6-3-4-8-26(23)27/h3-13,20H,14-19,21H2,1-2H3,(H,30,33). The summed E-state index contributed by atoms with van der Waals surface area (Å²) in [5.74, 6) is 0.165. The topological polar surface area (TPSA) is 71.1 Å². The summed E-state index contributed by atoms with van der Waals surface area (Å²) in [5.41, 5.74) is 1.76. The molecule has 1 N–H and O–H groups in total. The number of amides is 1. The van der Waals surface area contributed by atoms with E-state index in [2.05, 4.69) is 22.2 Å². The van der Waals surface area contributed by atoms with E-state index in [4.69, 9.17) is 9.47 Å². The van der Waals surface area contributed by atoms with Gasteiger partial charge in [0.2, 0.25) is 0 Å². The Balaban J connectivity index is 1.47. The van der Waals surface area contributed by atoms with Gasteiger partial charge < -0.3 is 19.7 Å². The van der Waals surface area contributed by atoms with E-state index >= 15 is 0 Å². The van der Waals surface area contributed by atoms with Crippen molar-refractivity contribution in [3.05, 3.63) is 83.4 Å². The van der Waals surface area contributed by atoms with E-state index in [-0.39, 0.29) is 12.5 Å². The molecule has 1 fully saturated rings. The molecule has 0 bridgehead atoms. The molecule has 0 atom stereocenters. The van der Waals surface area contributed by atoms with Crippen LogP contribution in [-0.2, 0) is 9.53 Å². The van der Waals surface area contributed by atoms with Crippen LogP contribution < -0.4 is 10.1 Å². The highest BCUT2D eigenvalue weighted by molar-refractivity contribution is 5.98. The molecule has 1 heterocycles. The molecule has 7 heteroatoms. The van der Waals surface area contributed by atoms with Crippen molar-refractivity contribution in [1.82, 2.24) is 15.1 Å². The lowest BCUT2D eigenvalue weighted by Crippen LogP contribution is -2.47. The number of fused-ring (bicyclic) bond motifs is 1. The third-order valence-corrected chi connectivity index (χ3v) is 6.41. The number of ether oxygens (including phenoxy) is 2. The molecule has 3 aromatic carbocycles. The summed E-state index contributed by atoms with van der Waals surface area (Å²) in [6.45, 7) is 5.59.